The van der Waals surface area contributed by atoms with Crippen LogP contribution in [0.25, 0.3) is 0 Å². The van der Waals surface area contributed by atoms with E-state index in [1.165, 1.54) is 6.42 Å². The molecule has 0 aliphatic carbocycles. The van der Waals surface area contributed by atoms with E-state index in [2.05, 4.69) is 30.6 Å². The summed E-state index contributed by atoms with van der Waals surface area (Å²) in [7, 11) is 0. The number of carbonyl (C=O) groups is 1. The number of nitrogens with one attached hydrogen (secondary N) is 1. The highest BCUT2D eigenvalue weighted by atomic mass is 16.2. The highest BCUT2D eigenvalue weighted by Gasteiger charge is 2.22. The average Bonchev–Trinajstić information content (AvgIpc) is 2.13. The van der Waals surface area contributed by atoms with Crippen LogP contribution < -0.4 is 5.32 Å². The molecule has 1 aliphatic heterocycles. The van der Waals surface area contributed by atoms with Crippen LogP contribution in [-0.2, 0) is 4.79 Å². The lowest BCUT2D eigenvalue weighted by molar-refractivity contribution is -0.122. The second kappa shape index (κ2) is 5.91. The first-order valence-electron chi connectivity index (χ1n) is 5.71. The summed E-state index contributed by atoms with van der Waals surface area (Å²) in [5.74, 6) is 1.53. The monoisotopic (exact) mass is 210 g/mol. The maximum atomic E-state index is 11.5. The van der Waals surface area contributed by atoms with Crippen LogP contribution in [0.5, 0.6) is 0 Å². The number of hydrogen-bond donors (Lipinski definition) is 1. The number of nitrogens with zero attached hydrogens (tertiary/aromatic N) is 1. The summed E-state index contributed by atoms with van der Waals surface area (Å²) in [6, 6.07) is 0. The van der Waals surface area contributed by atoms with Gasteiger partial charge in [0.25, 0.3) is 0 Å². The van der Waals surface area contributed by atoms with Crippen molar-refractivity contribution in [3.63, 3.8) is 0 Å². The molecule has 1 fully saturated rings. The molecule has 1 saturated heterocycles. The Hall–Kier alpha value is -0.830. The van der Waals surface area contributed by atoms with E-state index >= 15 is 0 Å². The number of piperidine rings is 1. The standard InChI is InChI=1S/C12H22N2O/c1-4-5-13-12(15)9-14-7-10(2)6-11(3)8-14/h4,10-11H,1,5-9H2,2-3H3,(H,13,15). The van der Waals surface area contributed by atoms with Gasteiger partial charge in [0.1, 0.15) is 0 Å². The first-order chi connectivity index (χ1) is 7.11. The molecule has 0 aromatic heterocycles. The Morgan fingerprint density at radius 1 is 1.47 bits per heavy atom. The number of rotatable bonds is 4. The van der Waals surface area contributed by atoms with Crippen molar-refractivity contribution in [2.75, 3.05) is 26.2 Å². The first kappa shape index (κ1) is 12.2. The number of hydrogen-bond acceptors (Lipinski definition) is 2. The average molecular weight is 210 g/mol. The van der Waals surface area contributed by atoms with Crippen LogP contribution in [0.3, 0.4) is 0 Å². The maximum Gasteiger partial charge on any atom is 0.234 e. The molecule has 2 atom stereocenters. The van der Waals surface area contributed by atoms with Gasteiger partial charge in [-0.05, 0) is 18.3 Å². The van der Waals surface area contributed by atoms with Gasteiger partial charge in [-0.3, -0.25) is 9.69 Å². The summed E-state index contributed by atoms with van der Waals surface area (Å²) in [6.07, 6.45) is 2.99. The Morgan fingerprint density at radius 2 is 2.07 bits per heavy atom. The van der Waals surface area contributed by atoms with E-state index in [-0.39, 0.29) is 5.91 Å². The minimum absolute atomic E-state index is 0.108. The largest absolute Gasteiger partial charge is 0.352 e. The van der Waals surface area contributed by atoms with E-state index in [1.54, 1.807) is 6.08 Å². The van der Waals surface area contributed by atoms with Crippen LogP contribution in [0.4, 0.5) is 0 Å². The minimum atomic E-state index is 0.108. The van der Waals surface area contributed by atoms with E-state index in [0.29, 0.717) is 24.9 Å². The van der Waals surface area contributed by atoms with Gasteiger partial charge in [0.05, 0.1) is 6.54 Å². The topological polar surface area (TPSA) is 32.3 Å². The van der Waals surface area contributed by atoms with Crippen molar-refractivity contribution in [3.05, 3.63) is 12.7 Å². The van der Waals surface area contributed by atoms with Crippen molar-refractivity contribution in [1.29, 1.82) is 0 Å². The van der Waals surface area contributed by atoms with Crippen LogP contribution in [0.15, 0.2) is 12.7 Å². The predicted molar refractivity (Wildman–Crippen MR) is 62.6 cm³/mol. The Kier molecular flexibility index (Phi) is 4.82. The lowest BCUT2D eigenvalue weighted by atomic mass is 9.92. The number of amides is 1. The summed E-state index contributed by atoms with van der Waals surface area (Å²) < 4.78 is 0. The molecule has 86 valence electrons. The molecule has 15 heavy (non-hydrogen) atoms. The van der Waals surface area contributed by atoms with Crippen molar-refractivity contribution in [1.82, 2.24) is 10.2 Å². The summed E-state index contributed by atoms with van der Waals surface area (Å²) in [6.45, 7) is 11.3. The van der Waals surface area contributed by atoms with Crippen LogP contribution in [-0.4, -0.2) is 37.0 Å². The quantitative estimate of drug-likeness (QED) is 0.709. The normalized spacial score (nSPS) is 27.3. The third-order valence-corrected chi connectivity index (χ3v) is 2.76. The lowest BCUT2D eigenvalue weighted by Gasteiger charge is -2.34. The smallest absolute Gasteiger partial charge is 0.234 e. The Balaban J connectivity index is 2.30. The molecule has 0 aromatic rings. The third kappa shape index (κ3) is 4.47. The van der Waals surface area contributed by atoms with Gasteiger partial charge in [-0.15, -0.1) is 6.58 Å². The second-order valence-electron chi connectivity index (χ2n) is 4.73. The van der Waals surface area contributed by atoms with E-state index in [0.717, 1.165) is 13.1 Å². The molecular formula is C12H22N2O. The molecule has 1 heterocycles. The van der Waals surface area contributed by atoms with Gasteiger partial charge in [0.2, 0.25) is 5.91 Å². The zero-order valence-corrected chi connectivity index (χ0v) is 9.83. The zero-order valence-electron chi connectivity index (χ0n) is 9.83. The Bertz CT molecular complexity index is 218. The van der Waals surface area contributed by atoms with Crippen LogP contribution in [0.1, 0.15) is 20.3 Å². The van der Waals surface area contributed by atoms with Gasteiger partial charge in [-0.25, -0.2) is 0 Å². The van der Waals surface area contributed by atoms with Crippen LogP contribution in [0, 0.1) is 11.8 Å². The second-order valence-corrected chi connectivity index (χ2v) is 4.73. The van der Waals surface area contributed by atoms with Crippen molar-refractivity contribution in [3.8, 4) is 0 Å². The highest BCUT2D eigenvalue weighted by molar-refractivity contribution is 5.78. The van der Waals surface area contributed by atoms with E-state index in [1.807, 2.05) is 0 Å². The highest BCUT2D eigenvalue weighted by Crippen LogP contribution is 2.20. The Labute approximate surface area is 92.5 Å². The fourth-order valence-corrected chi connectivity index (χ4v) is 2.37. The molecule has 0 spiro atoms. The lowest BCUT2D eigenvalue weighted by Crippen LogP contribution is -2.44. The molecule has 3 nitrogen and oxygen atoms in total. The van der Waals surface area contributed by atoms with Crippen molar-refractivity contribution in [2.45, 2.75) is 20.3 Å². The number of carbonyl (C=O) groups excluding carboxylic acids is 1. The third-order valence-electron chi connectivity index (χ3n) is 2.76. The van der Waals surface area contributed by atoms with Crippen molar-refractivity contribution < 1.29 is 4.79 Å². The van der Waals surface area contributed by atoms with Gasteiger partial charge >= 0.3 is 0 Å². The van der Waals surface area contributed by atoms with Gasteiger partial charge in [0, 0.05) is 19.6 Å². The molecule has 1 aliphatic rings. The molecule has 1 amide bonds. The fourth-order valence-electron chi connectivity index (χ4n) is 2.37. The molecule has 0 aromatic carbocycles. The molecule has 1 N–H and O–H groups in total. The molecular weight excluding hydrogens is 188 g/mol. The zero-order chi connectivity index (χ0) is 11.3. The van der Waals surface area contributed by atoms with E-state index in [9.17, 15) is 4.79 Å². The summed E-state index contributed by atoms with van der Waals surface area (Å²) in [5, 5.41) is 2.81. The first-order valence-corrected chi connectivity index (χ1v) is 5.71. The van der Waals surface area contributed by atoms with Crippen LogP contribution in [0.2, 0.25) is 0 Å². The van der Waals surface area contributed by atoms with Gasteiger partial charge < -0.3 is 5.32 Å². The molecule has 1 rings (SSSR count). The summed E-state index contributed by atoms with van der Waals surface area (Å²) in [4.78, 5) is 13.7. The summed E-state index contributed by atoms with van der Waals surface area (Å²) in [5.41, 5.74) is 0. The summed E-state index contributed by atoms with van der Waals surface area (Å²) >= 11 is 0. The van der Waals surface area contributed by atoms with Crippen molar-refractivity contribution >= 4 is 5.91 Å². The van der Waals surface area contributed by atoms with E-state index in [4.69, 9.17) is 0 Å². The number of likely N-dealkylation sites (tertiary alicyclic amines) is 1. The van der Waals surface area contributed by atoms with Crippen LogP contribution >= 0.6 is 0 Å². The predicted octanol–water partition coefficient (Wildman–Crippen LogP) is 1.27. The van der Waals surface area contributed by atoms with Gasteiger partial charge in [-0.1, -0.05) is 19.9 Å². The van der Waals surface area contributed by atoms with Crippen molar-refractivity contribution in [2.24, 2.45) is 11.8 Å². The molecule has 0 bridgehead atoms. The SMILES string of the molecule is C=CCNC(=O)CN1CC(C)CC(C)C1. The molecule has 0 saturated carbocycles. The van der Waals surface area contributed by atoms with E-state index < -0.39 is 0 Å². The van der Waals surface area contributed by atoms with Gasteiger partial charge in [0.15, 0.2) is 0 Å². The molecule has 3 heteroatoms. The van der Waals surface area contributed by atoms with Gasteiger partial charge in [-0.2, -0.15) is 0 Å². The Morgan fingerprint density at radius 3 is 2.60 bits per heavy atom. The molecule has 0 radical (unpaired) electrons. The fraction of sp³-hybridized carbons (Fsp3) is 0.750. The maximum absolute atomic E-state index is 11.5. The molecule has 2 unspecified atom stereocenters. The minimum Gasteiger partial charge on any atom is -0.352 e.